The van der Waals surface area contributed by atoms with Crippen molar-refractivity contribution in [3.63, 3.8) is 0 Å². The van der Waals surface area contributed by atoms with Crippen LogP contribution < -0.4 is 11.2 Å². The molecule has 7 nitrogen and oxygen atoms in total. The zero-order valence-electron chi connectivity index (χ0n) is 15.9. The van der Waals surface area contributed by atoms with Crippen molar-refractivity contribution in [3.8, 4) is 11.1 Å². The summed E-state index contributed by atoms with van der Waals surface area (Å²) >= 11 is 0. The number of rotatable bonds is 3. The highest BCUT2D eigenvalue weighted by Crippen LogP contribution is 2.32. The summed E-state index contributed by atoms with van der Waals surface area (Å²) in [6.07, 6.45) is 2.95. The summed E-state index contributed by atoms with van der Waals surface area (Å²) in [5, 5.41) is 0.454. The van der Waals surface area contributed by atoms with E-state index >= 15 is 0 Å². The maximum absolute atomic E-state index is 13.5. The molecule has 1 unspecified atom stereocenters. The fourth-order valence-electron chi connectivity index (χ4n) is 3.62. The van der Waals surface area contributed by atoms with Gasteiger partial charge in [-0.1, -0.05) is 24.3 Å². The number of nitrogen functional groups attached to an aromatic ring is 1. The van der Waals surface area contributed by atoms with Crippen LogP contribution in [0, 0.1) is 5.82 Å². The van der Waals surface area contributed by atoms with Crippen molar-refractivity contribution < 1.29 is 8.81 Å². The van der Waals surface area contributed by atoms with Gasteiger partial charge in [0.2, 0.25) is 5.43 Å². The molecular formula is C22H16FN5O2. The van der Waals surface area contributed by atoms with E-state index in [0.717, 1.165) is 0 Å². The molecule has 3 heterocycles. The molecule has 30 heavy (non-hydrogen) atoms. The Morgan fingerprint density at radius 2 is 1.83 bits per heavy atom. The molecule has 0 aliphatic carbocycles. The predicted molar refractivity (Wildman–Crippen MR) is 111 cm³/mol. The molecule has 0 saturated carbocycles. The molecule has 3 aromatic heterocycles. The van der Waals surface area contributed by atoms with Crippen molar-refractivity contribution in [3.05, 3.63) is 83.0 Å². The zero-order valence-corrected chi connectivity index (χ0v) is 15.9. The number of aromatic nitrogens is 4. The van der Waals surface area contributed by atoms with Crippen molar-refractivity contribution in [2.45, 2.75) is 13.0 Å². The predicted octanol–water partition coefficient (Wildman–Crippen LogP) is 3.93. The Morgan fingerprint density at radius 3 is 2.63 bits per heavy atom. The number of halogens is 1. The molecule has 5 rings (SSSR count). The van der Waals surface area contributed by atoms with Crippen LogP contribution in [-0.2, 0) is 0 Å². The van der Waals surface area contributed by atoms with E-state index in [0.29, 0.717) is 39.0 Å². The smallest absolute Gasteiger partial charge is 0.200 e. The van der Waals surface area contributed by atoms with Gasteiger partial charge in [0.1, 0.15) is 29.0 Å². The molecule has 0 saturated heterocycles. The van der Waals surface area contributed by atoms with Gasteiger partial charge in [-0.05, 0) is 36.8 Å². The van der Waals surface area contributed by atoms with Crippen molar-refractivity contribution in [1.29, 1.82) is 0 Å². The average molecular weight is 401 g/mol. The minimum Gasteiger partial charge on any atom is -0.458 e. The first-order valence-electron chi connectivity index (χ1n) is 9.29. The highest BCUT2D eigenvalue weighted by atomic mass is 19.1. The van der Waals surface area contributed by atoms with Crippen molar-refractivity contribution in [2.24, 2.45) is 0 Å². The Hall–Kier alpha value is -4.07. The number of hydrogen-bond donors (Lipinski definition) is 1. The highest BCUT2D eigenvalue weighted by Gasteiger charge is 2.24. The molecule has 0 radical (unpaired) electrons. The summed E-state index contributed by atoms with van der Waals surface area (Å²) in [5.74, 6) is 0.303. The third-order valence-corrected chi connectivity index (χ3v) is 5.14. The average Bonchev–Trinajstić information content (AvgIpc) is 3.20. The molecule has 5 aromatic rings. The van der Waals surface area contributed by atoms with E-state index in [4.69, 9.17) is 10.2 Å². The van der Waals surface area contributed by atoms with Gasteiger partial charge in [0.15, 0.2) is 11.5 Å². The largest absolute Gasteiger partial charge is 0.458 e. The number of nitrogens with zero attached hydrogens (tertiary/aromatic N) is 4. The highest BCUT2D eigenvalue weighted by molar-refractivity contribution is 5.84. The van der Waals surface area contributed by atoms with Crippen LogP contribution in [0.25, 0.3) is 33.3 Å². The lowest BCUT2D eigenvalue weighted by molar-refractivity contribution is 0.468. The summed E-state index contributed by atoms with van der Waals surface area (Å²) in [6.45, 7) is 1.87. The normalized spacial score (nSPS) is 12.5. The van der Waals surface area contributed by atoms with Gasteiger partial charge in [0, 0.05) is 0 Å². The van der Waals surface area contributed by atoms with Gasteiger partial charge in [0.25, 0.3) is 0 Å². The molecule has 0 aliphatic heterocycles. The van der Waals surface area contributed by atoms with Gasteiger partial charge in [-0.25, -0.2) is 19.3 Å². The standard InChI is InChI=1S/C22H16FN5O2/c1-12(28-11-27-18-21(24)25-10-26-22(18)28)20-17(13-6-8-14(23)9-7-13)19(29)15-4-2-3-5-16(15)30-20/h2-12H,1H3,(H2,24,25,26). The lowest BCUT2D eigenvalue weighted by atomic mass is 9.99. The third-order valence-electron chi connectivity index (χ3n) is 5.14. The van der Waals surface area contributed by atoms with E-state index in [1.54, 1.807) is 47.3 Å². The van der Waals surface area contributed by atoms with Gasteiger partial charge < -0.3 is 14.7 Å². The van der Waals surface area contributed by atoms with Crippen LogP contribution in [0.1, 0.15) is 18.7 Å². The molecule has 0 aliphatic rings. The minimum absolute atomic E-state index is 0.191. The Morgan fingerprint density at radius 1 is 1.07 bits per heavy atom. The van der Waals surface area contributed by atoms with Crippen LogP contribution in [0.4, 0.5) is 10.2 Å². The number of imidazole rings is 1. The molecule has 0 spiro atoms. The van der Waals surface area contributed by atoms with E-state index in [9.17, 15) is 9.18 Å². The topological polar surface area (TPSA) is 99.8 Å². The molecule has 148 valence electrons. The maximum atomic E-state index is 13.5. The van der Waals surface area contributed by atoms with Gasteiger partial charge in [-0.15, -0.1) is 0 Å². The van der Waals surface area contributed by atoms with Crippen molar-refractivity contribution in [2.75, 3.05) is 5.73 Å². The first kappa shape index (κ1) is 18.0. The maximum Gasteiger partial charge on any atom is 0.200 e. The lowest BCUT2D eigenvalue weighted by Crippen LogP contribution is -2.15. The molecule has 2 aromatic carbocycles. The minimum atomic E-state index is -0.443. The Bertz CT molecular complexity index is 1460. The van der Waals surface area contributed by atoms with E-state index in [-0.39, 0.29) is 17.1 Å². The second kappa shape index (κ2) is 6.77. The van der Waals surface area contributed by atoms with Crippen molar-refractivity contribution in [1.82, 2.24) is 19.5 Å². The van der Waals surface area contributed by atoms with Crippen LogP contribution in [0.5, 0.6) is 0 Å². The number of para-hydroxylation sites is 1. The van der Waals surface area contributed by atoms with Gasteiger partial charge in [0.05, 0.1) is 23.3 Å². The van der Waals surface area contributed by atoms with Crippen LogP contribution in [0.15, 0.2) is 70.4 Å². The first-order chi connectivity index (χ1) is 14.5. The molecule has 0 amide bonds. The molecule has 8 heteroatoms. The molecule has 2 N–H and O–H groups in total. The monoisotopic (exact) mass is 401 g/mol. The van der Waals surface area contributed by atoms with Crippen molar-refractivity contribution >= 4 is 28.0 Å². The molecule has 0 bridgehead atoms. The van der Waals surface area contributed by atoms with E-state index in [2.05, 4.69) is 15.0 Å². The van der Waals surface area contributed by atoms with Crippen LogP contribution >= 0.6 is 0 Å². The summed E-state index contributed by atoms with van der Waals surface area (Å²) in [6, 6.07) is 12.4. The van der Waals surface area contributed by atoms with Crippen LogP contribution in [0.2, 0.25) is 0 Å². The second-order valence-corrected chi connectivity index (χ2v) is 6.93. The number of hydrogen-bond acceptors (Lipinski definition) is 6. The number of fused-ring (bicyclic) bond motifs is 2. The fourth-order valence-corrected chi connectivity index (χ4v) is 3.62. The summed E-state index contributed by atoms with van der Waals surface area (Å²) in [7, 11) is 0. The summed E-state index contributed by atoms with van der Waals surface area (Å²) in [5.41, 5.74) is 8.11. The van der Waals surface area contributed by atoms with Crippen LogP contribution in [0.3, 0.4) is 0 Å². The summed E-state index contributed by atoms with van der Waals surface area (Å²) < 4.78 is 21.5. The van der Waals surface area contributed by atoms with E-state index < -0.39 is 6.04 Å². The number of benzene rings is 2. The SMILES string of the molecule is CC(c1oc2ccccc2c(=O)c1-c1ccc(F)cc1)n1cnc2c(N)ncnc21. The van der Waals surface area contributed by atoms with E-state index in [1.807, 2.05) is 6.92 Å². The molecule has 0 fully saturated rings. The summed E-state index contributed by atoms with van der Waals surface area (Å²) in [4.78, 5) is 26.0. The third kappa shape index (κ3) is 2.73. The molecule has 1 atom stereocenters. The Kier molecular flexibility index (Phi) is 4.06. The van der Waals surface area contributed by atoms with Gasteiger partial charge in [-0.2, -0.15) is 0 Å². The van der Waals surface area contributed by atoms with Gasteiger partial charge in [-0.3, -0.25) is 4.79 Å². The zero-order chi connectivity index (χ0) is 20.8. The second-order valence-electron chi connectivity index (χ2n) is 6.93. The fraction of sp³-hybridized carbons (Fsp3) is 0.0909. The Balaban J connectivity index is 1.80. The Labute approximate surface area is 169 Å². The molecular weight excluding hydrogens is 385 g/mol. The number of nitrogens with two attached hydrogens (primary N) is 1. The van der Waals surface area contributed by atoms with Gasteiger partial charge >= 0.3 is 0 Å². The number of anilines is 1. The quantitative estimate of drug-likeness (QED) is 0.492. The van der Waals surface area contributed by atoms with E-state index in [1.165, 1.54) is 18.5 Å². The lowest BCUT2D eigenvalue weighted by Gasteiger charge is -2.17. The first-order valence-corrected chi connectivity index (χ1v) is 9.29. The van der Waals surface area contributed by atoms with Crippen LogP contribution in [-0.4, -0.2) is 19.5 Å².